The van der Waals surface area contributed by atoms with Crippen LogP contribution in [0.1, 0.15) is 10.4 Å². The van der Waals surface area contributed by atoms with Crippen molar-refractivity contribution in [1.82, 2.24) is 0 Å². The molecule has 0 amide bonds. The summed E-state index contributed by atoms with van der Waals surface area (Å²) in [6.45, 7) is 0.0536. The molecule has 2 rings (SSSR count). The number of ether oxygens (including phenoxy) is 2. The number of halogens is 3. The predicted molar refractivity (Wildman–Crippen MR) is 85.4 cm³/mol. The maximum Gasteiger partial charge on any atom is 0.339 e. The van der Waals surface area contributed by atoms with Crippen molar-refractivity contribution in [2.24, 2.45) is 0 Å². The van der Waals surface area contributed by atoms with Crippen molar-refractivity contribution in [2.75, 3.05) is 13.2 Å². The molecule has 0 bridgehead atoms. The molecule has 0 aromatic heterocycles. The molecular formula is C15H11Cl3O4. The number of phenols is 1. The molecule has 1 N–H and O–H groups in total. The molecule has 0 atom stereocenters. The molecule has 0 saturated carbocycles. The molecule has 0 fully saturated rings. The van der Waals surface area contributed by atoms with Gasteiger partial charge in [0.05, 0.1) is 20.6 Å². The summed E-state index contributed by atoms with van der Waals surface area (Å²) < 4.78 is 10.4. The minimum absolute atomic E-state index is 0.00239. The SMILES string of the molecule is O=C(OCCOc1c(Cl)cc(O)cc1Cl)c1ccccc1Cl. The van der Waals surface area contributed by atoms with E-state index in [1.807, 2.05) is 0 Å². The van der Waals surface area contributed by atoms with Crippen LogP contribution in [0.5, 0.6) is 11.5 Å². The van der Waals surface area contributed by atoms with Crippen molar-refractivity contribution >= 4 is 40.8 Å². The first kappa shape index (κ1) is 16.7. The van der Waals surface area contributed by atoms with Crippen molar-refractivity contribution in [1.29, 1.82) is 0 Å². The largest absolute Gasteiger partial charge is 0.508 e. The van der Waals surface area contributed by atoms with Crippen LogP contribution in [-0.2, 0) is 4.74 Å². The van der Waals surface area contributed by atoms with Crippen molar-refractivity contribution in [2.45, 2.75) is 0 Å². The highest BCUT2D eigenvalue weighted by atomic mass is 35.5. The van der Waals surface area contributed by atoms with Gasteiger partial charge in [0, 0.05) is 12.1 Å². The van der Waals surface area contributed by atoms with E-state index in [9.17, 15) is 9.90 Å². The van der Waals surface area contributed by atoms with Crippen LogP contribution in [0.3, 0.4) is 0 Å². The molecule has 0 radical (unpaired) electrons. The summed E-state index contributed by atoms with van der Waals surface area (Å²) in [6.07, 6.45) is 0. The molecule has 22 heavy (non-hydrogen) atoms. The lowest BCUT2D eigenvalue weighted by molar-refractivity contribution is 0.0451. The van der Waals surface area contributed by atoms with Crippen LogP contribution in [0.2, 0.25) is 15.1 Å². The fourth-order valence-electron chi connectivity index (χ4n) is 1.67. The number of hydrogen-bond donors (Lipinski definition) is 1. The van der Waals surface area contributed by atoms with E-state index in [4.69, 9.17) is 44.3 Å². The Morgan fingerprint density at radius 3 is 2.27 bits per heavy atom. The molecule has 0 spiro atoms. The fourth-order valence-corrected chi connectivity index (χ4v) is 2.46. The molecule has 0 aliphatic rings. The number of carbonyl (C=O) groups is 1. The maximum absolute atomic E-state index is 11.8. The lowest BCUT2D eigenvalue weighted by Gasteiger charge is -2.11. The molecule has 0 heterocycles. The average molecular weight is 362 g/mol. The van der Waals surface area contributed by atoms with Gasteiger partial charge in [-0.2, -0.15) is 0 Å². The first-order valence-corrected chi connectivity index (χ1v) is 7.35. The number of carbonyl (C=O) groups excluding carboxylic acids is 1. The fraction of sp³-hybridized carbons (Fsp3) is 0.133. The van der Waals surface area contributed by atoms with Gasteiger partial charge in [-0.3, -0.25) is 0 Å². The lowest BCUT2D eigenvalue weighted by atomic mass is 10.2. The summed E-state index contributed by atoms with van der Waals surface area (Å²) in [5.41, 5.74) is 0.282. The Morgan fingerprint density at radius 1 is 1.00 bits per heavy atom. The van der Waals surface area contributed by atoms with E-state index in [1.165, 1.54) is 12.1 Å². The molecule has 0 saturated heterocycles. The highest BCUT2D eigenvalue weighted by molar-refractivity contribution is 6.37. The van der Waals surface area contributed by atoms with Crippen LogP contribution in [0.4, 0.5) is 0 Å². The highest BCUT2D eigenvalue weighted by Crippen LogP contribution is 2.36. The molecule has 0 aliphatic carbocycles. The predicted octanol–water partition coefficient (Wildman–Crippen LogP) is 4.59. The number of phenolic OH excluding ortho intramolecular Hbond substituents is 1. The Hall–Kier alpha value is -1.62. The smallest absolute Gasteiger partial charge is 0.339 e. The van der Waals surface area contributed by atoms with E-state index < -0.39 is 5.97 Å². The van der Waals surface area contributed by atoms with Crippen molar-refractivity contribution < 1.29 is 19.4 Å². The lowest BCUT2D eigenvalue weighted by Crippen LogP contribution is -2.13. The molecule has 0 aliphatic heterocycles. The van der Waals surface area contributed by atoms with E-state index in [0.29, 0.717) is 5.02 Å². The molecule has 0 unspecified atom stereocenters. The van der Waals surface area contributed by atoms with Crippen LogP contribution in [-0.4, -0.2) is 24.3 Å². The van der Waals surface area contributed by atoms with Gasteiger partial charge in [0.1, 0.15) is 19.0 Å². The maximum atomic E-state index is 11.8. The van der Waals surface area contributed by atoms with E-state index in [2.05, 4.69) is 0 Å². The number of hydrogen-bond acceptors (Lipinski definition) is 4. The van der Waals surface area contributed by atoms with Gasteiger partial charge in [-0.15, -0.1) is 0 Å². The third-order valence-electron chi connectivity index (χ3n) is 2.64. The zero-order valence-electron chi connectivity index (χ0n) is 11.2. The zero-order valence-corrected chi connectivity index (χ0v) is 13.5. The normalized spacial score (nSPS) is 10.3. The van der Waals surface area contributed by atoms with E-state index in [0.717, 1.165) is 0 Å². The summed E-state index contributed by atoms with van der Waals surface area (Å²) in [4.78, 5) is 11.8. The molecule has 2 aromatic rings. The molecule has 7 heteroatoms. The van der Waals surface area contributed by atoms with Crippen LogP contribution in [0, 0.1) is 0 Å². The van der Waals surface area contributed by atoms with E-state index >= 15 is 0 Å². The minimum atomic E-state index is -0.544. The topological polar surface area (TPSA) is 55.8 Å². The third kappa shape index (κ3) is 4.19. The summed E-state index contributed by atoms with van der Waals surface area (Å²) >= 11 is 17.7. The van der Waals surface area contributed by atoms with Crippen LogP contribution in [0.25, 0.3) is 0 Å². The van der Waals surface area contributed by atoms with Crippen molar-refractivity contribution in [3.8, 4) is 11.5 Å². The second kappa shape index (κ2) is 7.58. The van der Waals surface area contributed by atoms with Crippen LogP contribution in [0.15, 0.2) is 36.4 Å². The van der Waals surface area contributed by atoms with Gasteiger partial charge >= 0.3 is 5.97 Å². The summed E-state index contributed by atoms with van der Waals surface area (Å²) in [5.74, 6) is -0.389. The Bertz CT molecular complexity index is 665. The number of esters is 1. The third-order valence-corrected chi connectivity index (χ3v) is 3.53. The Balaban J connectivity index is 1.88. The van der Waals surface area contributed by atoms with Crippen LogP contribution >= 0.6 is 34.8 Å². The standard InChI is InChI=1S/C15H11Cl3O4/c16-11-4-2-1-3-10(11)15(20)22-6-5-21-14-12(17)7-9(19)8-13(14)18/h1-4,7-8,19H,5-6H2. The molecule has 116 valence electrons. The van der Waals surface area contributed by atoms with Gasteiger partial charge < -0.3 is 14.6 Å². The first-order chi connectivity index (χ1) is 10.5. The van der Waals surface area contributed by atoms with Gasteiger partial charge in [0.15, 0.2) is 5.75 Å². The average Bonchev–Trinajstić information content (AvgIpc) is 2.45. The van der Waals surface area contributed by atoms with E-state index in [-0.39, 0.29) is 40.3 Å². The van der Waals surface area contributed by atoms with Gasteiger partial charge in [-0.1, -0.05) is 46.9 Å². The number of rotatable bonds is 5. The summed E-state index contributed by atoms with van der Waals surface area (Å²) in [6, 6.07) is 9.19. The zero-order chi connectivity index (χ0) is 16.1. The summed E-state index contributed by atoms with van der Waals surface area (Å²) in [5, 5.41) is 9.96. The minimum Gasteiger partial charge on any atom is -0.508 e. The summed E-state index contributed by atoms with van der Waals surface area (Å²) in [7, 11) is 0. The number of benzene rings is 2. The Labute approximate surface area is 142 Å². The monoisotopic (exact) mass is 360 g/mol. The Kier molecular flexibility index (Phi) is 5.77. The number of aromatic hydroxyl groups is 1. The quantitative estimate of drug-likeness (QED) is 0.625. The second-order valence-corrected chi connectivity index (χ2v) is 5.42. The second-order valence-electron chi connectivity index (χ2n) is 4.20. The Morgan fingerprint density at radius 2 is 1.64 bits per heavy atom. The molecule has 4 nitrogen and oxygen atoms in total. The van der Waals surface area contributed by atoms with Gasteiger partial charge in [-0.05, 0) is 12.1 Å². The van der Waals surface area contributed by atoms with Gasteiger partial charge in [0.25, 0.3) is 0 Å². The molecule has 2 aromatic carbocycles. The van der Waals surface area contributed by atoms with Crippen molar-refractivity contribution in [3.05, 3.63) is 57.0 Å². The van der Waals surface area contributed by atoms with Crippen molar-refractivity contribution in [3.63, 3.8) is 0 Å². The van der Waals surface area contributed by atoms with Crippen LogP contribution < -0.4 is 4.74 Å². The molecular weight excluding hydrogens is 351 g/mol. The first-order valence-electron chi connectivity index (χ1n) is 6.21. The van der Waals surface area contributed by atoms with Gasteiger partial charge in [-0.25, -0.2) is 4.79 Å². The van der Waals surface area contributed by atoms with Gasteiger partial charge in [0.2, 0.25) is 0 Å². The van der Waals surface area contributed by atoms with E-state index in [1.54, 1.807) is 24.3 Å². The highest BCUT2D eigenvalue weighted by Gasteiger charge is 2.12.